The van der Waals surface area contributed by atoms with Crippen LogP contribution in [0.25, 0.3) is 0 Å². The van der Waals surface area contributed by atoms with Crippen molar-refractivity contribution in [3.05, 3.63) is 65.2 Å². The topological polar surface area (TPSA) is 78.4 Å². The molecular weight excluding hydrogens is 318 g/mol. The molecule has 0 heterocycles. The highest BCUT2D eigenvalue weighted by atomic mass is 19.1. The van der Waals surface area contributed by atoms with Crippen LogP contribution < -0.4 is 10.6 Å². The third-order valence-electron chi connectivity index (χ3n) is 3.25. The highest BCUT2D eigenvalue weighted by Crippen LogP contribution is 2.15. The molecule has 0 aliphatic carbocycles. The van der Waals surface area contributed by atoms with Crippen molar-refractivity contribution in [1.82, 2.24) is 10.6 Å². The quantitative estimate of drug-likeness (QED) is 0.705. The Morgan fingerprint density at radius 3 is 2.42 bits per heavy atom. The van der Waals surface area contributed by atoms with Gasteiger partial charge in [0.1, 0.15) is 17.4 Å². The molecule has 0 spiro atoms. The van der Waals surface area contributed by atoms with Crippen LogP contribution in [0.3, 0.4) is 0 Å². The van der Waals surface area contributed by atoms with Crippen LogP contribution in [-0.4, -0.2) is 30.0 Å². The van der Waals surface area contributed by atoms with Gasteiger partial charge in [-0.3, -0.25) is 9.59 Å². The average molecular weight is 334 g/mol. The van der Waals surface area contributed by atoms with Gasteiger partial charge >= 0.3 is 0 Å². The number of aromatic hydroxyl groups is 1. The minimum atomic E-state index is -0.948. The Hall–Kier alpha value is -2.96. The number of amides is 2. The van der Waals surface area contributed by atoms with E-state index in [0.717, 1.165) is 12.1 Å². The predicted octanol–water partition coefficient (Wildman–Crippen LogP) is 1.76. The normalized spacial score (nSPS) is 10.2. The molecule has 24 heavy (non-hydrogen) atoms. The van der Waals surface area contributed by atoms with E-state index in [1.807, 2.05) is 0 Å². The molecule has 0 saturated carbocycles. The van der Waals surface area contributed by atoms with Crippen LogP contribution >= 0.6 is 0 Å². The number of benzene rings is 2. The van der Waals surface area contributed by atoms with Gasteiger partial charge in [0.2, 0.25) is 5.91 Å². The number of carbonyl (C=O) groups is 2. The van der Waals surface area contributed by atoms with Gasteiger partial charge in [0.15, 0.2) is 0 Å². The van der Waals surface area contributed by atoms with E-state index in [0.29, 0.717) is 11.6 Å². The molecule has 0 atom stereocenters. The Labute approximate surface area is 137 Å². The summed E-state index contributed by atoms with van der Waals surface area (Å²) in [5, 5.41) is 14.6. The van der Waals surface area contributed by atoms with Gasteiger partial charge in [-0.1, -0.05) is 18.2 Å². The fourth-order valence-corrected chi connectivity index (χ4v) is 2.04. The number of carbonyl (C=O) groups excluding carboxylic acids is 2. The zero-order chi connectivity index (χ0) is 17.5. The monoisotopic (exact) mass is 334 g/mol. The van der Waals surface area contributed by atoms with Crippen LogP contribution in [0.5, 0.6) is 5.75 Å². The fraction of sp³-hybridized carbons (Fsp3) is 0.176. The fourth-order valence-electron chi connectivity index (χ4n) is 2.04. The van der Waals surface area contributed by atoms with Gasteiger partial charge in [-0.05, 0) is 18.2 Å². The number of hydrogen-bond acceptors (Lipinski definition) is 3. The molecule has 2 aromatic carbocycles. The molecule has 126 valence electrons. The van der Waals surface area contributed by atoms with Gasteiger partial charge in [0.05, 0.1) is 12.0 Å². The largest absolute Gasteiger partial charge is 0.508 e. The van der Waals surface area contributed by atoms with Crippen molar-refractivity contribution < 1.29 is 23.5 Å². The summed E-state index contributed by atoms with van der Waals surface area (Å²) < 4.78 is 26.2. The molecule has 2 rings (SSSR count). The maximum absolute atomic E-state index is 13.4. The van der Waals surface area contributed by atoms with Crippen molar-refractivity contribution in [2.75, 3.05) is 13.1 Å². The third kappa shape index (κ3) is 4.77. The second-order valence-corrected chi connectivity index (χ2v) is 5.04. The molecule has 7 heteroatoms. The van der Waals surface area contributed by atoms with Gasteiger partial charge < -0.3 is 15.7 Å². The Morgan fingerprint density at radius 2 is 1.71 bits per heavy atom. The summed E-state index contributed by atoms with van der Waals surface area (Å²) in [6.07, 6.45) is 0.00715. The molecule has 0 aromatic heterocycles. The number of phenolic OH excluding ortho intramolecular Hbond substituents is 1. The summed E-state index contributed by atoms with van der Waals surface area (Å²) in [5.74, 6) is -2.69. The molecule has 0 unspecified atom stereocenters. The summed E-state index contributed by atoms with van der Waals surface area (Å²) in [6, 6.07) is 9.15. The first-order chi connectivity index (χ1) is 11.5. The van der Waals surface area contributed by atoms with Crippen molar-refractivity contribution in [2.24, 2.45) is 0 Å². The van der Waals surface area contributed by atoms with E-state index in [-0.39, 0.29) is 36.7 Å². The first-order valence-corrected chi connectivity index (χ1v) is 7.24. The van der Waals surface area contributed by atoms with Gasteiger partial charge in [-0.2, -0.15) is 0 Å². The molecule has 0 bridgehead atoms. The van der Waals surface area contributed by atoms with Crippen molar-refractivity contribution in [1.29, 1.82) is 0 Å². The first-order valence-electron chi connectivity index (χ1n) is 7.24. The minimum Gasteiger partial charge on any atom is -0.508 e. The number of phenols is 1. The van der Waals surface area contributed by atoms with E-state index in [2.05, 4.69) is 10.6 Å². The SMILES string of the molecule is O=C(Cc1ccccc1O)NCCNC(=O)c1ccc(F)cc1F. The zero-order valence-corrected chi connectivity index (χ0v) is 12.7. The van der Waals surface area contributed by atoms with Crippen molar-refractivity contribution in [2.45, 2.75) is 6.42 Å². The Morgan fingerprint density at radius 1 is 1.00 bits per heavy atom. The molecule has 0 aliphatic rings. The molecule has 2 amide bonds. The lowest BCUT2D eigenvalue weighted by atomic mass is 10.1. The van der Waals surface area contributed by atoms with E-state index in [1.165, 1.54) is 6.07 Å². The van der Waals surface area contributed by atoms with Gasteiger partial charge in [0.25, 0.3) is 5.91 Å². The summed E-state index contributed by atoms with van der Waals surface area (Å²) in [5.41, 5.74) is 0.226. The molecule has 0 radical (unpaired) electrons. The van der Waals surface area contributed by atoms with E-state index in [9.17, 15) is 23.5 Å². The van der Waals surface area contributed by atoms with Crippen molar-refractivity contribution >= 4 is 11.8 Å². The number of halogens is 2. The summed E-state index contributed by atoms with van der Waals surface area (Å²) >= 11 is 0. The van der Waals surface area contributed by atoms with Gasteiger partial charge in [0, 0.05) is 24.7 Å². The zero-order valence-electron chi connectivity index (χ0n) is 12.7. The number of para-hydroxylation sites is 1. The Kier molecular flexibility index (Phi) is 5.83. The summed E-state index contributed by atoms with van der Waals surface area (Å²) in [7, 11) is 0. The molecular formula is C17H16F2N2O3. The number of nitrogens with one attached hydrogen (secondary N) is 2. The molecule has 0 fully saturated rings. The molecule has 2 aromatic rings. The van der Waals surface area contributed by atoms with E-state index in [4.69, 9.17) is 0 Å². The smallest absolute Gasteiger partial charge is 0.254 e. The molecule has 0 saturated heterocycles. The van der Waals surface area contributed by atoms with Crippen molar-refractivity contribution in [3.8, 4) is 5.75 Å². The average Bonchev–Trinajstić information content (AvgIpc) is 2.53. The lowest BCUT2D eigenvalue weighted by Crippen LogP contribution is -2.35. The standard InChI is InChI=1S/C17H16F2N2O3/c18-12-5-6-13(14(19)10-12)17(24)21-8-7-20-16(23)9-11-3-1-2-4-15(11)22/h1-6,10,22H,7-9H2,(H,20,23)(H,21,24). The van der Waals surface area contributed by atoms with Crippen LogP contribution in [0.2, 0.25) is 0 Å². The van der Waals surface area contributed by atoms with Crippen molar-refractivity contribution in [3.63, 3.8) is 0 Å². The third-order valence-corrected chi connectivity index (χ3v) is 3.25. The van der Waals surface area contributed by atoms with Gasteiger partial charge in [-0.15, -0.1) is 0 Å². The van der Waals surface area contributed by atoms with E-state index >= 15 is 0 Å². The van der Waals surface area contributed by atoms with Crippen LogP contribution in [0.15, 0.2) is 42.5 Å². The van der Waals surface area contributed by atoms with E-state index in [1.54, 1.807) is 18.2 Å². The maximum Gasteiger partial charge on any atom is 0.254 e. The Balaban J connectivity index is 1.75. The Bertz CT molecular complexity index is 750. The lowest BCUT2D eigenvalue weighted by Gasteiger charge is -2.08. The highest BCUT2D eigenvalue weighted by molar-refractivity contribution is 5.94. The maximum atomic E-state index is 13.4. The lowest BCUT2D eigenvalue weighted by molar-refractivity contribution is -0.120. The minimum absolute atomic E-state index is 0.00715. The van der Waals surface area contributed by atoms with Crippen LogP contribution in [0, 0.1) is 11.6 Å². The van der Waals surface area contributed by atoms with Crippen LogP contribution in [0.4, 0.5) is 8.78 Å². The van der Waals surface area contributed by atoms with E-state index < -0.39 is 17.5 Å². The molecule has 3 N–H and O–H groups in total. The number of hydrogen-bond donors (Lipinski definition) is 3. The number of rotatable bonds is 6. The van der Waals surface area contributed by atoms with Crippen LogP contribution in [-0.2, 0) is 11.2 Å². The predicted molar refractivity (Wildman–Crippen MR) is 83.5 cm³/mol. The molecule has 0 aliphatic heterocycles. The van der Waals surface area contributed by atoms with Crippen LogP contribution in [0.1, 0.15) is 15.9 Å². The second-order valence-electron chi connectivity index (χ2n) is 5.04. The molecule has 5 nitrogen and oxygen atoms in total. The first kappa shape index (κ1) is 17.4. The second kappa shape index (κ2) is 8.05. The summed E-state index contributed by atoms with van der Waals surface area (Å²) in [4.78, 5) is 23.5. The highest BCUT2D eigenvalue weighted by Gasteiger charge is 2.12. The summed E-state index contributed by atoms with van der Waals surface area (Å²) in [6.45, 7) is 0.225. The van der Waals surface area contributed by atoms with Gasteiger partial charge in [-0.25, -0.2) is 8.78 Å².